The molecule has 0 atom stereocenters. The summed E-state index contributed by atoms with van der Waals surface area (Å²) in [7, 11) is 0. The molecule has 3 aromatic rings. The van der Waals surface area contributed by atoms with Gasteiger partial charge in [0.15, 0.2) is 0 Å². The number of hydrogen-bond donors (Lipinski definition) is 1. The molecule has 0 bridgehead atoms. The summed E-state index contributed by atoms with van der Waals surface area (Å²) in [6, 6.07) is 16.1. The van der Waals surface area contributed by atoms with Crippen LogP contribution in [0.4, 0.5) is 0 Å². The number of para-hydroxylation sites is 1. The largest absolute Gasteiger partial charge is 0.366 e. The first-order valence-electron chi connectivity index (χ1n) is 6.70. The predicted octanol–water partition coefficient (Wildman–Crippen LogP) is 3.86. The zero-order valence-corrected chi connectivity index (χ0v) is 13.2. The molecule has 0 aliphatic rings. The number of amides is 1. The third kappa shape index (κ3) is 2.47. The lowest BCUT2D eigenvalue weighted by Gasteiger charge is -2.09. The summed E-state index contributed by atoms with van der Waals surface area (Å²) in [5.74, 6) is -0.377. The molecule has 1 amide bonds. The molecule has 1 aromatic heterocycles. The van der Waals surface area contributed by atoms with Crippen LogP contribution in [0.5, 0.6) is 0 Å². The van der Waals surface area contributed by atoms with E-state index in [1.165, 1.54) is 5.56 Å². The van der Waals surface area contributed by atoms with Crippen LogP contribution in [-0.2, 0) is 6.54 Å². The number of nitrogens with zero attached hydrogens (tertiary/aromatic N) is 1. The molecule has 4 heteroatoms. The fraction of sp³-hybridized carbons (Fsp3) is 0.118. The molecular weight excluding hydrogens is 328 g/mol. The Hall–Kier alpha value is -2.07. The summed E-state index contributed by atoms with van der Waals surface area (Å²) < 4.78 is 3.19. The fourth-order valence-corrected chi connectivity index (χ4v) is 2.98. The molecular formula is C17H15BrN2O. The lowest BCUT2D eigenvalue weighted by molar-refractivity contribution is 0.100. The quantitative estimate of drug-likeness (QED) is 0.771. The average Bonchev–Trinajstić information content (AvgIpc) is 2.74. The van der Waals surface area contributed by atoms with E-state index in [2.05, 4.69) is 32.6 Å². The number of halogens is 1. The maximum Gasteiger partial charge on any atom is 0.251 e. The summed E-state index contributed by atoms with van der Waals surface area (Å²) in [6.45, 7) is 2.66. The molecule has 3 rings (SSSR count). The van der Waals surface area contributed by atoms with Crippen molar-refractivity contribution in [1.82, 2.24) is 4.57 Å². The Labute approximate surface area is 131 Å². The van der Waals surface area contributed by atoms with Gasteiger partial charge in [-0.15, -0.1) is 0 Å². The average molecular weight is 343 g/mol. The molecule has 1 heterocycles. The monoisotopic (exact) mass is 342 g/mol. The Kier molecular flexibility index (Phi) is 3.55. The molecule has 21 heavy (non-hydrogen) atoms. The topological polar surface area (TPSA) is 48.0 Å². The molecule has 0 saturated carbocycles. The number of aromatic nitrogens is 1. The van der Waals surface area contributed by atoms with Gasteiger partial charge in [-0.05, 0) is 30.7 Å². The maximum absolute atomic E-state index is 11.7. The van der Waals surface area contributed by atoms with E-state index in [0.29, 0.717) is 12.1 Å². The molecule has 0 spiro atoms. The standard InChI is InChI=1S/C17H15BrN2O/c1-11-16(17(19)21)14-4-2-3-5-15(14)20(11)10-12-6-8-13(18)9-7-12/h2-9H,10H2,1H3,(H2,19,21). The Bertz CT molecular complexity index is 819. The zero-order valence-electron chi connectivity index (χ0n) is 11.6. The van der Waals surface area contributed by atoms with Crippen LogP contribution < -0.4 is 5.73 Å². The van der Waals surface area contributed by atoms with Crippen LogP contribution >= 0.6 is 15.9 Å². The lowest BCUT2D eigenvalue weighted by Crippen LogP contribution is -2.13. The van der Waals surface area contributed by atoms with Crippen molar-refractivity contribution in [2.24, 2.45) is 5.73 Å². The highest BCUT2D eigenvalue weighted by atomic mass is 79.9. The summed E-state index contributed by atoms with van der Waals surface area (Å²) in [5.41, 5.74) is 9.28. The van der Waals surface area contributed by atoms with Gasteiger partial charge >= 0.3 is 0 Å². The number of fused-ring (bicyclic) bond motifs is 1. The van der Waals surface area contributed by atoms with Gasteiger partial charge in [0.05, 0.1) is 5.56 Å². The number of nitrogens with two attached hydrogens (primary N) is 1. The highest BCUT2D eigenvalue weighted by Gasteiger charge is 2.17. The van der Waals surface area contributed by atoms with E-state index in [-0.39, 0.29) is 5.91 Å². The number of primary amides is 1. The minimum Gasteiger partial charge on any atom is -0.366 e. The normalized spacial score (nSPS) is 11.0. The fourth-order valence-electron chi connectivity index (χ4n) is 2.72. The summed E-state index contributed by atoms with van der Waals surface area (Å²) in [6.07, 6.45) is 0. The molecule has 0 radical (unpaired) electrons. The van der Waals surface area contributed by atoms with Crippen LogP contribution in [0.15, 0.2) is 53.0 Å². The van der Waals surface area contributed by atoms with Crippen molar-refractivity contribution < 1.29 is 4.79 Å². The van der Waals surface area contributed by atoms with Gasteiger partial charge in [-0.1, -0.05) is 46.3 Å². The molecule has 0 aliphatic heterocycles. The molecule has 0 fully saturated rings. The van der Waals surface area contributed by atoms with Crippen LogP contribution in [0.25, 0.3) is 10.9 Å². The van der Waals surface area contributed by atoms with Crippen molar-refractivity contribution in [3.05, 3.63) is 69.8 Å². The highest BCUT2D eigenvalue weighted by molar-refractivity contribution is 9.10. The minimum absolute atomic E-state index is 0.377. The Morgan fingerprint density at radius 3 is 2.48 bits per heavy atom. The second-order valence-corrected chi connectivity index (χ2v) is 5.97. The Morgan fingerprint density at radius 2 is 1.81 bits per heavy atom. The van der Waals surface area contributed by atoms with Crippen molar-refractivity contribution in [1.29, 1.82) is 0 Å². The SMILES string of the molecule is Cc1c(C(N)=O)c2ccccc2n1Cc1ccc(Br)cc1. The second kappa shape index (κ2) is 5.37. The van der Waals surface area contributed by atoms with Crippen molar-refractivity contribution in [2.75, 3.05) is 0 Å². The third-order valence-corrected chi connectivity index (χ3v) is 4.26. The van der Waals surface area contributed by atoms with Crippen molar-refractivity contribution in [3.63, 3.8) is 0 Å². The maximum atomic E-state index is 11.7. The van der Waals surface area contributed by atoms with Gasteiger partial charge < -0.3 is 10.3 Å². The van der Waals surface area contributed by atoms with Gasteiger partial charge in [0.25, 0.3) is 5.91 Å². The van der Waals surface area contributed by atoms with E-state index in [9.17, 15) is 4.79 Å². The zero-order chi connectivity index (χ0) is 15.0. The molecule has 0 unspecified atom stereocenters. The molecule has 2 N–H and O–H groups in total. The van der Waals surface area contributed by atoms with Gasteiger partial charge in [-0.2, -0.15) is 0 Å². The number of hydrogen-bond acceptors (Lipinski definition) is 1. The number of carbonyl (C=O) groups excluding carboxylic acids is 1. The molecule has 0 saturated heterocycles. The third-order valence-electron chi connectivity index (χ3n) is 3.73. The van der Waals surface area contributed by atoms with E-state index in [1.54, 1.807) is 0 Å². The van der Waals surface area contributed by atoms with Gasteiger partial charge in [-0.25, -0.2) is 0 Å². The van der Waals surface area contributed by atoms with E-state index in [1.807, 2.05) is 43.3 Å². The van der Waals surface area contributed by atoms with E-state index in [0.717, 1.165) is 21.1 Å². The molecule has 0 aliphatic carbocycles. The van der Waals surface area contributed by atoms with Crippen LogP contribution in [0, 0.1) is 6.92 Å². The first kappa shape index (κ1) is 13.9. The molecule has 106 valence electrons. The Morgan fingerprint density at radius 1 is 1.14 bits per heavy atom. The lowest BCUT2D eigenvalue weighted by atomic mass is 10.1. The van der Waals surface area contributed by atoms with Crippen molar-refractivity contribution in [3.8, 4) is 0 Å². The molecule has 2 aromatic carbocycles. The second-order valence-electron chi connectivity index (χ2n) is 5.05. The van der Waals surface area contributed by atoms with E-state index < -0.39 is 0 Å². The van der Waals surface area contributed by atoms with Gasteiger partial charge in [0.1, 0.15) is 0 Å². The smallest absolute Gasteiger partial charge is 0.251 e. The Balaban J connectivity index is 2.16. The van der Waals surface area contributed by atoms with Gasteiger partial charge in [-0.3, -0.25) is 4.79 Å². The van der Waals surface area contributed by atoms with Crippen LogP contribution in [0.1, 0.15) is 21.6 Å². The first-order valence-corrected chi connectivity index (χ1v) is 7.49. The van der Waals surface area contributed by atoms with Gasteiger partial charge in [0, 0.05) is 27.6 Å². The van der Waals surface area contributed by atoms with Crippen molar-refractivity contribution in [2.45, 2.75) is 13.5 Å². The number of benzene rings is 2. The number of carbonyl (C=O) groups is 1. The summed E-state index contributed by atoms with van der Waals surface area (Å²) >= 11 is 3.44. The van der Waals surface area contributed by atoms with Crippen LogP contribution in [0.2, 0.25) is 0 Å². The van der Waals surface area contributed by atoms with E-state index >= 15 is 0 Å². The number of rotatable bonds is 3. The highest BCUT2D eigenvalue weighted by Crippen LogP contribution is 2.26. The summed E-state index contributed by atoms with van der Waals surface area (Å²) in [5, 5.41) is 0.916. The van der Waals surface area contributed by atoms with E-state index in [4.69, 9.17) is 5.73 Å². The first-order chi connectivity index (χ1) is 10.1. The summed E-state index contributed by atoms with van der Waals surface area (Å²) in [4.78, 5) is 11.7. The van der Waals surface area contributed by atoms with Crippen LogP contribution in [0.3, 0.4) is 0 Å². The predicted molar refractivity (Wildman–Crippen MR) is 88.4 cm³/mol. The minimum atomic E-state index is -0.377. The molecule has 3 nitrogen and oxygen atoms in total. The van der Waals surface area contributed by atoms with Crippen molar-refractivity contribution >= 4 is 32.7 Å². The van der Waals surface area contributed by atoms with Gasteiger partial charge in [0.2, 0.25) is 0 Å². The van der Waals surface area contributed by atoms with Crippen LogP contribution in [-0.4, -0.2) is 10.5 Å².